The summed E-state index contributed by atoms with van der Waals surface area (Å²) < 4.78 is 18.1. The maximum absolute atomic E-state index is 13.1. The molecule has 7 heteroatoms. The van der Waals surface area contributed by atoms with Crippen molar-refractivity contribution in [3.63, 3.8) is 0 Å². The zero-order valence-electron chi connectivity index (χ0n) is 13.0. The fraction of sp³-hybridized carbons (Fsp3) is 0.176. The van der Waals surface area contributed by atoms with Crippen LogP contribution < -0.4 is 5.32 Å². The van der Waals surface area contributed by atoms with Crippen LogP contribution in [0, 0.1) is 12.7 Å². The molecule has 2 aromatic carbocycles. The minimum Gasteiger partial charge on any atom is -0.507 e. The van der Waals surface area contributed by atoms with Gasteiger partial charge in [0.2, 0.25) is 0 Å². The molecule has 0 bridgehead atoms. The number of aromatic hydroxyl groups is 1. The Balaban J connectivity index is 2.04. The molecule has 5 nitrogen and oxygen atoms in total. The molecule has 0 heterocycles. The van der Waals surface area contributed by atoms with E-state index in [1.807, 2.05) is 0 Å². The predicted octanol–water partition coefficient (Wildman–Crippen LogP) is 3.68. The molecule has 0 fully saturated rings. The van der Waals surface area contributed by atoms with E-state index in [0.29, 0.717) is 0 Å². The largest absolute Gasteiger partial charge is 0.507 e. The second kappa shape index (κ2) is 7.31. The van der Waals surface area contributed by atoms with Crippen LogP contribution in [0.2, 0.25) is 5.02 Å². The number of benzene rings is 2. The molecule has 0 aliphatic heterocycles. The van der Waals surface area contributed by atoms with E-state index in [1.54, 1.807) is 13.0 Å². The van der Waals surface area contributed by atoms with Gasteiger partial charge in [0.15, 0.2) is 6.10 Å². The first-order chi connectivity index (χ1) is 11.3. The smallest absolute Gasteiger partial charge is 0.342 e. The first-order valence-electron chi connectivity index (χ1n) is 7.04. The summed E-state index contributed by atoms with van der Waals surface area (Å²) in [7, 11) is 0. The number of phenols is 1. The summed E-state index contributed by atoms with van der Waals surface area (Å²) in [5.74, 6) is -2.28. The van der Waals surface area contributed by atoms with Gasteiger partial charge >= 0.3 is 5.97 Å². The van der Waals surface area contributed by atoms with Crippen LogP contribution in [0.1, 0.15) is 22.8 Å². The number of aryl methyl sites for hydroxylation is 1. The third-order valence-corrected chi connectivity index (χ3v) is 3.50. The van der Waals surface area contributed by atoms with Gasteiger partial charge in [-0.05, 0) is 44.2 Å². The van der Waals surface area contributed by atoms with Crippen LogP contribution in [0.3, 0.4) is 0 Å². The number of anilines is 1. The summed E-state index contributed by atoms with van der Waals surface area (Å²) in [5, 5.41) is 12.0. The predicted molar refractivity (Wildman–Crippen MR) is 87.8 cm³/mol. The van der Waals surface area contributed by atoms with Crippen molar-refractivity contribution in [2.45, 2.75) is 20.0 Å². The van der Waals surface area contributed by atoms with Gasteiger partial charge in [-0.3, -0.25) is 4.79 Å². The zero-order valence-corrected chi connectivity index (χ0v) is 13.7. The molecule has 126 valence electrons. The standard InChI is InChI=1S/C17H15ClFNO4/c1-9-3-6-15(21)12(7-9)17(23)24-10(2)16(22)20-11-4-5-14(19)13(18)8-11/h3-8,10,21H,1-2H3,(H,20,22)/t10-/m1/s1. The molecule has 1 amide bonds. The minimum absolute atomic E-state index is 0.0283. The quantitative estimate of drug-likeness (QED) is 0.824. The molecular weight excluding hydrogens is 337 g/mol. The fourth-order valence-corrected chi connectivity index (χ4v) is 2.09. The summed E-state index contributed by atoms with van der Waals surface area (Å²) in [5.41, 5.74) is 1.00. The molecule has 24 heavy (non-hydrogen) atoms. The molecule has 0 aliphatic carbocycles. The molecule has 0 unspecified atom stereocenters. The normalized spacial score (nSPS) is 11.7. The Morgan fingerprint density at radius 1 is 1.25 bits per heavy atom. The Kier molecular flexibility index (Phi) is 5.41. The van der Waals surface area contributed by atoms with Crippen molar-refractivity contribution in [2.75, 3.05) is 5.32 Å². The second-order valence-corrected chi connectivity index (χ2v) is 5.59. The maximum Gasteiger partial charge on any atom is 0.342 e. The lowest BCUT2D eigenvalue weighted by molar-refractivity contribution is -0.123. The van der Waals surface area contributed by atoms with Crippen molar-refractivity contribution in [1.82, 2.24) is 0 Å². The Bertz CT molecular complexity index is 794. The highest BCUT2D eigenvalue weighted by atomic mass is 35.5. The maximum atomic E-state index is 13.1. The van der Waals surface area contributed by atoms with Gasteiger partial charge in [-0.15, -0.1) is 0 Å². The van der Waals surface area contributed by atoms with Crippen LogP contribution in [0.5, 0.6) is 5.75 Å². The molecule has 2 N–H and O–H groups in total. The number of rotatable bonds is 4. The summed E-state index contributed by atoms with van der Waals surface area (Å²) in [6.45, 7) is 3.13. The third-order valence-electron chi connectivity index (χ3n) is 3.21. The summed E-state index contributed by atoms with van der Waals surface area (Å²) in [6, 6.07) is 8.16. The Hall–Kier alpha value is -2.60. The van der Waals surface area contributed by atoms with Gasteiger partial charge in [0, 0.05) is 5.69 Å². The van der Waals surface area contributed by atoms with Gasteiger partial charge in [0.1, 0.15) is 17.1 Å². The second-order valence-electron chi connectivity index (χ2n) is 5.19. The minimum atomic E-state index is -1.12. The number of carbonyl (C=O) groups excluding carboxylic acids is 2. The first-order valence-corrected chi connectivity index (χ1v) is 7.42. The number of ether oxygens (including phenoxy) is 1. The van der Waals surface area contributed by atoms with Crippen LogP contribution >= 0.6 is 11.6 Å². The SMILES string of the molecule is Cc1ccc(O)c(C(=O)O[C@H](C)C(=O)Nc2ccc(F)c(Cl)c2)c1. The topological polar surface area (TPSA) is 75.6 Å². The van der Waals surface area contributed by atoms with Crippen LogP contribution in [0.4, 0.5) is 10.1 Å². The van der Waals surface area contributed by atoms with E-state index < -0.39 is 23.8 Å². The number of nitrogens with one attached hydrogen (secondary N) is 1. The number of amides is 1. The van der Waals surface area contributed by atoms with Gasteiger partial charge < -0.3 is 15.2 Å². The molecule has 0 aliphatic rings. The van der Waals surface area contributed by atoms with Gasteiger partial charge in [0.05, 0.1) is 5.02 Å². The van der Waals surface area contributed by atoms with Crippen LogP contribution in [-0.2, 0) is 9.53 Å². The van der Waals surface area contributed by atoms with Gasteiger partial charge in [-0.1, -0.05) is 23.2 Å². The van der Waals surface area contributed by atoms with E-state index >= 15 is 0 Å². The molecule has 0 aromatic heterocycles. The van der Waals surface area contributed by atoms with Crippen molar-refractivity contribution in [1.29, 1.82) is 0 Å². The van der Waals surface area contributed by atoms with E-state index in [1.165, 1.54) is 31.2 Å². The molecule has 0 saturated carbocycles. The van der Waals surface area contributed by atoms with Gasteiger partial charge in [-0.25, -0.2) is 9.18 Å². The monoisotopic (exact) mass is 351 g/mol. The molecular formula is C17H15ClFNO4. The highest BCUT2D eigenvalue weighted by molar-refractivity contribution is 6.31. The number of hydrogen-bond acceptors (Lipinski definition) is 4. The van der Waals surface area contributed by atoms with Crippen molar-refractivity contribution < 1.29 is 23.8 Å². The molecule has 0 spiro atoms. The Morgan fingerprint density at radius 2 is 1.96 bits per heavy atom. The average Bonchev–Trinajstić information content (AvgIpc) is 2.53. The molecule has 0 saturated heterocycles. The average molecular weight is 352 g/mol. The first kappa shape index (κ1) is 17.7. The van der Waals surface area contributed by atoms with Crippen molar-refractivity contribution in [2.24, 2.45) is 0 Å². The van der Waals surface area contributed by atoms with E-state index in [4.69, 9.17) is 16.3 Å². The summed E-state index contributed by atoms with van der Waals surface area (Å²) in [6.07, 6.45) is -1.12. The molecule has 1 atom stereocenters. The summed E-state index contributed by atoms with van der Waals surface area (Å²) in [4.78, 5) is 24.1. The number of carbonyl (C=O) groups is 2. The fourth-order valence-electron chi connectivity index (χ4n) is 1.91. The van der Waals surface area contributed by atoms with Gasteiger partial charge in [0.25, 0.3) is 5.91 Å². The lowest BCUT2D eigenvalue weighted by Crippen LogP contribution is -2.30. The van der Waals surface area contributed by atoms with Gasteiger partial charge in [-0.2, -0.15) is 0 Å². The lowest BCUT2D eigenvalue weighted by atomic mass is 10.1. The molecule has 2 aromatic rings. The van der Waals surface area contributed by atoms with E-state index in [2.05, 4.69) is 5.32 Å². The highest BCUT2D eigenvalue weighted by Gasteiger charge is 2.21. The van der Waals surface area contributed by atoms with Crippen molar-refractivity contribution >= 4 is 29.2 Å². The number of halogens is 2. The number of esters is 1. The Labute approximate surface area is 143 Å². The lowest BCUT2D eigenvalue weighted by Gasteiger charge is -2.14. The molecule has 2 rings (SSSR count). The van der Waals surface area contributed by atoms with E-state index in [0.717, 1.165) is 11.6 Å². The highest BCUT2D eigenvalue weighted by Crippen LogP contribution is 2.21. The van der Waals surface area contributed by atoms with Crippen molar-refractivity contribution in [3.8, 4) is 5.75 Å². The van der Waals surface area contributed by atoms with Crippen LogP contribution in [0.25, 0.3) is 0 Å². The summed E-state index contributed by atoms with van der Waals surface area (Å²) >= 11 is 5.63. The number of phenolic OH excluding ortho intramolecular Hbond substituents is 1. The number of hydrogen-bond donors (Lipinski definition) is 2. The van der Waals surface area contributed by atoms with Crippen LogP contribution in [0.15, 0.2) is 36.4 Å². The Morgan fingerprint density at radius 3 is 2.62 bits per heavy atom. The van der Waals surface area contributed by atoms with Crippen molar-refractivity contribution in [3.05, 3.63) is 58.4 Å². The molecule has 0 radical (unpaired) electrons. The van der Waals surface area contributed by atoms with E-state index in [-0.39, 0.29) is 22.0 Å². The zero-order chi connectivity index (χ0) is 17.9. The van der Waals surface area contributed by atoms with E-state index in [9.17, 15) is 19.1 Å². The van der Waals surface area contributed by atoms with Crippen LogP contribution in [-0.4, -0.2) is 23.1 Å². The third kappa shape index (κ3) is 4.23.